The van der Waals surface area contributed by atoms with Crippen molar-refractivity contribution in [1.29, 1.82) is 0 Å². The van der Waals surface area contributed by atoms with Crippen LogP contribution in [0.25, 0.3) is 0 Å². The summed E-state index contributed by atoms with van der Waals surface area (Å²) < 4.78 is 28.6. The van der Waals surface area contributed by atoms with Crippen molar-refractivity contribution >= 4 is 37.5 Å². The van der Waals surface area contributed by atoms with E-state index in [0.717, 1.165) is 19.9 Å². The average Bonchev–Trinajstić information content (AvgIpc) is 2.74. The van der Waals surface area contributed by atoms with Gasteiger partial charge in [0.05, 0.1) is 10.6 Å². The quantitative estimate of drug-likeness (QED) is 0.489. The molecule has 3 aromatic rings. The van der Waals surface area contributed by atoms with Gasteiger partial charge in [-0.3, -0.25) is 9.10 Å². The summed E-state index contributed by atoms with van der Waals surface area (Å²) in [5.74, 6) is -0.294. The molecule has 0 aliphatic heterocycles. The van der Waals surface area contributed by atoms with E-state index < -0.39 is 10.0 Å². The van der Waals surface area contributed by atoms with Crippen molar-refractivity contribution in [2.75, 3.05) is 17.9 Å². The molecule has 30 heavy (non-hydrogen) atoms. The molecule has 0 N–H and O–H groups in total. The summed E-state index contributed by atoms with van der Waals surface area (Å²) >= 11 is 3.36. The lowest BCUT2D eigenvalue weighted by Gasteiger charge is -2.27. The van der Waals surface area contributed by atoms with Crippen LogP contribution < -0.4 is 4.31 Å². The smallest absolute Gasteiger partial charge is 0.264 e. The van der Waals surface area contributed by atoms with Gasteiger partial charge in [-0.15, -0.1) is 0 Å². The number of amides is 1. The second-order valence-corrected chi connectivity index (χ2v) is 9.81. The van der Waals surface area contributed by atoms with Gasteiger partial charge in [-0.25, -0.2) is 8.42 Å². The Hall–Kier alpha value is -2.64. The maximum absolute atomic E-state index is 13.3. The van der Waals surface area contributed by atoms with Crippen LogP contribution in [0.2, 0.25) is 0 Å². The summed E-state index contributed by atoms with van der Waals surface area (Å²) in [6.07, 6.45) is 0. The summed E-state index contributed by atoms with van der Waals surface area (Å²) in [6, 6.07) is 22.9. The number of sulfonamides is 1. The molecular weight excluding hydrogens is 464 g/mol. The number of carbonyl (C=O) groups excluding carboxylic acids is 1. The van der Waals surface area contributed by atoms with Gasteiger partial charge in [0.25, 0.3) is 10.0 Å². The topological polar surface area (TPSA) is 57.7 Å². The molecular formula is C23H23BrN2O3S. The van der Waals surface area contributed by atoms with Crippen LogP contribution in [0.5, 0.6) is 0 Å². The van der Waals surface area contributed by atoms with E-state index >= 15 is 0 Å². The van der Waals surface area contributed by atoms with Gasteiger partial charge >= 0.3 is 0 Å². The molecule has 0 aliphatic rings. The third kappa shape index (κ3) is 5.29. The molecule has 3 aromatic carbocycles. The molecule has 0 aliphatic carbocycles. The number of hydrogen-bond donors (Lipinski definition) is 0. The molecule has 0 atom stereocenters. The van der Waals surface area contributed by atoms with Gasteiger partial charge in [0.1, 0.15) is 6.54 Å². The zero-order valence-corrected chi connectivity index (χ0v) is 19.2. The minimum absolute atomic E-state index is 0.141. The van der Waals surface area contributed by atoms with Gasteiger partial charge < -0.3 is 4.90 Å². The third-order valence-corrected chi connectivity index (χ3v) is 7.01. The minimum Gasteiger partial charge on any atom is -0.340 e. The van der Waals surface area contributed by atoms with E-state index in [4.69, 9.17) is 0 Å². The van der Waals surface area contributed by atoms with E-state index in [0.29, 0.717) is 12.2 Å². The van der Waals surface area contributed by atoms with Gasteiger partial charge in [0, 0.05) is 18.1 Å². The molecule has 0 radical (unpaired) electrons. The van der Waals surface area contributed by atoms with Crippen LogP contribution in [0, 0.1) is 6.92 Å². The number of benzene rings is 3. The molecule has 0 saturated carbocycles. The number of halogens is 1. The molecule has 5 nitrogen and oxygen atoms in total. The standard InChI is InChI=1S/C23H23BrN2O3S/c1-18-8-10-19(11-9-18)16-25(2)23(27)17-26(21-14-12-20(24)13-15-21)30(28,29)22-6-4-3-5-7-22/h3-15H,16-17H2,1-2H3. The summed E-state index contributed by atoms with van der Waals surface area (Å²) in [7, 11) is -2.23. The van der Waals surface area contributed by atoms with Crippen LogP contribution in [0.4, 0.5) is 5.69 Å². The Morgan fingerprint density at radius 1 is 0.900 bits per heavy atom. The maximum Gasteiger partial charge on any atom is 0.264 e. The Balaban J connectivity index is 1.87. The Bertz CT molecular complexity index is 1100. The number of carbonyl (C=O) groups is 1. The maximum atomic E-state index is 13.3. The van der Waals surface area contributed by atoms with Crippen LogP contribution in [-0.2, 0) is 21.4 Å². The predicted octanol–water partition coefficient (Wildman–Crippen LogP) is 4.61. The zero-order chi connectivity index (χ0) is 21.7. The predicted molar refractivity (Wildman–Crippen MR) is 123 cm³/mol. The molecule has 7 heteroatoms. The molecule has 0 unspecified atom stereocenters. The minimum atomic E-state index is -3.90. The number of anilines is 1. The van der Waals surface area contributed by atoms with E-state index in [1.54, 1.807) is 49.5 Å². The highest BCUT2D eigenvalue weighted by molar-refractivity contribution is 9.10. The number of rotatable bonds is 7. The molecule has 0 heterocycles. The first-order valence-corrected chi connectivity index (χ1v) is 11.6. The Labute approximate surface area is 186 Å². The molecule has 0 fully saturated rings. The van der Waals surface area contributed by atoms with Gasteiger partial charge in [0.2, 0.25) is 5.91 Å². The van der Waals surface area contributed by atoms with E-state index in [2.05, 4.69) is 15.9 Å². The molecule has 0 bridgehead atoms. The molecule has 0 saturated heterocycles. The van der Waals surface area contributed by atoms with Gasteiger partial charge in [-0.2, -0.15) is 0 Å². The average molecular weight is 487 g/mol. The van der Waals surface area contributed by atoms with Crippen molar-refractivity contribution in [1.82, 2.24) is 4.90 Å². The number of likely N-dealkylation sites (N-methyl/N-ethyl adjacent to an activating group) is 1. The monoisotopic (exact) mass is 486 g/mol. The highest BCUT2D eigenvalue weighted by Crippen LogP contribution is 2.25. The van der Waals surface area contributed by atoms with Crippen molar-refractivity contribution in [3.63, 3.8) is 0 Å². The third-order valence-electron chi connectivity index (χ3n) is 4.69. The first-order chi connectivity index (χ1) is 14.3. The van der Waals surface area contributed by atoms with Crippen LogP contribution >= 0.6 is 15.9 Å². The number of hydrogen-bond acceptors (Lipinski definition) is 3. The highest BCUT2D eigenvalue weighted by atomic mass is 79.9. The molecule has 1 amide bonds. The summed E-state index contributed by atoms with van der Waals surface area (Å²) in [6.45, 7) is 2.11. The molecule has 156 valence electrons. The van der Waals surface area contributed by atoms with Crippen molar-refractivity contribution in [2.24, 2.45) is 0 Å². The van der Waals surface area contributed by atoms with Crippen LogP contribution in [0.15, 0.2) is 88.2 Å². The highest BCUT2D eigenvalue weighted by Gasteiger charge is 2.28. The molecule has 0 spiro atoms. The molecule has 3 rings (SSSR count). The summed E-state index contributed by atoms with van der Waals surface area (Å²) in [5, 5.41) is 0. The van der Waals surface area contributed by atoms with Gasteiger partial charge in [0.15, 0.2) is 0 Å². The van der Waals surface area contributed by atoms with E-state index in [1.165, 1.54) is 17.0 Å². The Morgan fingerprint density at radius 3 is 2.10 bits per heavy atom. The lowest BCUT2D eigenvalue weighted by molar-refractivity contribution is -0.128. The second kappa shape index (κ2) is 9.45. The van der Waals surface area contributed by atoms with Crippen LogP contribution in [0.1, 0.15) is 11.1 Å². The summed E-state index contributed by atoms with van der Waals surface area (Å²) in [4.78, 5) is 14.6. The normalized spacial score (nSPS) is 11.2. The Morgan fingerprint density at radius 2 is 1.50 bits per heavy atom. The lowest BCUT2D eigenvalue weighted by atomic mass is 10.1. The van der Waals surface area contributed by atoms with Gasteiger partial charge in [-0.1, -0.05) is 64.0 Å². The largest absolute Gasteiger partial charge is 0.340 e. The van der Waals surface area contributed by atoms with E-state index in [1.807, 2.05) is 31.2 Å². The van der Waals surface area contributed by atoms with Crippen LogP contribution in [-0.4, -0.2) is 32.8 Å². The Kier molecular flexibility index (Phi) is 6.95. The fourth-order valence-electron chi connectivity index (χ4n) is 2.94. The first kappa shape index (κ1) is 22.1. The lowest BCUT2D eigenvalue weighted by Crippen LogP contribution is -2.41. The van der Waals surface area contributed by atoms with Crippen LogP contribution in [0.3, 0.4) is 0 Å². The number of nitrogens with zero attached hydrogens (tertiary/aromatic N) is 2. The van der Waals surface area contributed by atoms with Crippen molar-refractivity contribution < 1.29 is 13.2 Å². The zero-order valence-electron chi connectivity index (χ0n) is 16.8. The molecule has 0 aromatic heterocycles. The van der Waals surface area contributed by atoms with E-state index in [9.17, 15) is 13.2 Å². The summed E-state index contributed by atoms with van der Waals surface area (Å²) in [5.41, 5.74) is 2.56. The fourth-order valence-corrected chi connectivity index (χ4v) is 4.64. The first-order valence-electron chi connectivity index (χ1n) is 9.40. The fraction of sp³-hybridized carbons (Fsp3) is 0.174. The van der Waals surface area contributed by atoms with E-state index in [-0.39, 0.29) is 17.3 Å². The second-order valence-electron chi connectivity index (χ2n) is 7.04. The van der Waals surface area contributed by atoms with Crippen molar-refractivity contribution in [3.05, 3.63) is 94.5 Å². The van der Waals surface area contributed by atoms with Crippen molar-refractivity contribution in [3.8, 4) is 0 Å². The van der Waals surface area contributed by atoms with Gasteiger partial charge in [-0.05, 0) is 48.9 Å². The van der Waals surface area contributed by atoms with Crippen molar-refractivity contribution in [2.45, 2.75) is 18.4 Å². The SMILES string of the molecule is Cc1ccc(CN(C)C(=O)CN(c2ccc(Br)cc2)S(=O)(=O)c2ccccc2)cc1. The number of aryl methyl sites for hydroxylation is 1.